The fourth-order valence-corrected chi connectivity index (χ4v) is 3.11. The number of allylic oxidation sites excluding steroid dienone is 2. The quantitative estimate of drug-likeness (QED) is 0.482. The number of aromatic hydroxyl groups is 2. The molecule has 3 rings (SSSR count). The highest BCUT2D eigenvalue weighted by Gasteiger charge is 2.38. The fourth-order valence-electron chi connectivity index (χ4n) is 2.88. The Morgan fingerprint density at radius 3 is 2.68 bits per heavy atom. The summed E-state index contributed by atoms with van der Waals surface area (Å²) in [6.07, 6.45) is 5.84. The summed E-state index contributed by atoms with van der Waals surface area (Å²) in [5, 5.41) is 30.0. The number of rotatable bonds is 0. The summed E-state index contributed by atoms with van der Waals surface area (Å²) >= 11 is 6.09. The highest BCUT2D eigenvalue weighted by atomic mass is 35.5. The molecule has 1 aromatic rings. The fraction of sp³-hybridized carbons (Fsp3) is 0.389. The SMILES string of the molecule is C[C@@H]1C[C@H]2O[C@@H]2/C=C\C=C\C(O)Cc2c(Cl)c(O)cc(O)c2C(=O)O1. The summed E-state index contributed by atoms with van der Waals surface area (Å²) in [7, 11) is 0. The molecule has 0 spiro atoms. The Labute approximate surface area is 149 Å². The van der Waals surface area contributed by atoms with Crippen molar-refractivity contribution in [2.75, 3.05) is 0 Å². The molecule has 0 aliphatic carbocycles. The molecule has 0 saturated carbocycles. The van der Waals surface area contributed by atoms with Gasteiger partial charge in [0.2, 0.25) is 0 Å². The van der Waals surface area contributed by atoms with Crippen LogP contribution in [0.3, 0.4) is 0 Å². The van der Waals surface area contributed by atoms with Gasteiger partial charge in [0.25, 0.3) is 0 Å². The average molecular weight is 367 g/mol. The van der Waals surface area contributed by atoms with E-state index in [1.807, 2.05) is 6.08 Å². The number of carbonyl (C=O) groups excluding carboxylic acids is 1. The van der Waals surface area contributed by atoms with Gasteiger partial charge in [0, 0.05) is 18.9 Å². The maximum Gasteiger partial charge on any atom is 0.342 e. The van der Waals surface area contributed by atoms with Crippen LogP contribution in [0.2, 0.25) is 5.02 Å². The molecule has 1 fully saturated rings. The van der Waals surface area contributed by atoms with Crippen LogP contribution < -0.4 is 0 Å². The van der Waals surface area contributed by atoms with Gasteiger partial charge in [0.1, 0.15) is 29.3 Å². The van der Waals surface area contributed by atoms with Crippen molar-refractivity contribution in [3.8, 4) is 11.5 Å². The lowest BCUT2D eigenvalue weighted by molar-refractivity contribution is 0.0305. The van der Waals surface area contributed by atoms with Gasteiger partial charge in [-0.05, 0) is 12.5 Å². The molecule has 4 atom stereocenters. The molecule has 1 aromatic carbocycles. The van der Waals surface area contributed by atoms with E-state index in [0.717, 1.165) is 6.07 Å². The number of hydrogen-bond acceptors (Lipinski definition) is 6. The van der Waals surface area contributed by atoms with Crippen LogP contribution in [0, 0.1) is 0 Å². The molecule has 134 valence electrons. The minimum atomic E-state index is -0.966. The zero-order chi connectivity index (χ0) is 18.1. The molecule has 25 heavy (non-hydrogen) atoms. The largest absolute Gasteiger partial charge is 0.507 e. The number of esters is 1. The summed E-state index contributed by atoms with van der Waals surface area (Å²) in [5.41, 5.74) is -0.0157. The first-order valence-corrected chi connectivity index (χ1v) is 8.37. The zero-order valence-electron chi connectivity index (χ0n) is 13.6. The van der Waals surface area contributed by atoms with Gasteiger partial charge in [-0.1, -0.05) is 35.9 Å². The number of hydrogen-bond donors (Lipinski definition) is 3. The van der Waals surface area contributed by atoms with Gasteiger partial charge in [-0.25, -0.2) is 4.79 Å². The first-order chi connectivity index (χ1) is 11.9. The molecule has 1 saturated heterocycles. The summed E-state index contributed by atoms with van der Waals surface area (Å²) in [6.45, 7) is 1.74. The van der Waals surface area contributed by atoms with Crippen molar-refractivity contribution in [3.05, 3.63) is 46.5 Å². The summed E-state index contributed by atoms with van der Waals surface area (Å²) in [6, 6.07) is 0.987. The van der Waals surface area contributed by atoms with E-state index in [-0.39, 0.29) is 40.5 Å². The van der Waals surface area contributed by atoms with Crippen molar-refractivity contribution in [1.29, 1.82) is 0 Å². The number of aliphatic hydroxyl groups excluding tert-OH is 1. The lowest BCUT2D eigenvalue weighted by Crippen LogP contribution is -2.20. The van der Waals surface area contributed by atoms with E-state index >= 15 is 0 Å². The van der Waals surface area contributed by atoms with E-state index < -0.39 is 23.9 Å². The Kier molecular flexibility index (Phi) is 5.03. The second-order valence-electron chi connectivity index (χ2n) is 6.21. The highest BCUT2D eigenvalue weighted by molar-refractivity contribution is 6.33. The smallest absolute Gasteiger partial charge is 0.342 e. The van der Waals surface area contributed by atoms with E-state index in [1.165, 1.54) is 6.08 Å². The molecule has 3 N–H and O–H groups in total. The molecule has 0 bridgehead atoms. The number of ether oxygens (including phenoxy) is 2. The van der Waals surface area contributed by atoms with Gasteiger partial charge >= 0.3 is 5.97 Å². The van der Waals surface area contributed by atoms with Crippen LogP contribution in [0.15, 0.2) is 30.4 Å². The zero-order valence-corrected chi connectivity index (χ0v) is 14.3. The highest BCUT2D eigenvalue weighted by Crippen LogP contribution is 2.38. The van der Waals surface area contributed by atoms with Gasteiger partial charge in [0.05, 0.1) is 17.2 Å². The maximum atomic E-state index is 12.5. The first-order valence-electron chi connectivity index (χ1n) is 7.99. The Morgan fingerprint density at radius 2 is 1.92 bits per heavy atom. The van der Waals surface area contributed by atoms with Crippen LogP contribution in [0.25, 0.3) is 0 Å². The number of benzene rings is 1. The number of phenols is 2. The lowest BCUT2D eigenvalue weighted by atomic mass is 9.99. The van der Waals surface area contributed by atoms with E-state index in [1.54, 1.807) is 19.1 Å². The van der Waals surface area contributed by atoms with E-state index in [9.17, 15) is 20.1 Å². The standard InChI is InChI=1S/C18H19ClO6/c1-9-6-15-14(25-15)5-3-2-4-10(20)7-11-16(18(23)24-9)12(21)8-13(22)17(11)19/h2-5,8-10,14-15,20-22H,6-7H2,1H3/b4-2+,5-3-/t9-,10?,14-,15-/m1/s1. The third kappa shape index (κ3) is 3.98. The molecule has 0 aromatic heterocycles. The predicted molar refractivity (Wildman–Crippen MR) is 90.9 cm³/mol. The van der Waals surface area contributed by atoms with Crippen molar-refractivity contribution in [2.45, 2.75) is 44.2 Å². The first kappa shape index (κ1) is 17.8. The average Bonchev–Trinajstić information content (AvgIpc) is 3.25. The van der Waals surface area contributed by atoms with Crippen molar-refractivity contribution < 1.29 is 29.6 Å². The van der Waals surface area contributed by atoms with Crippen LogP contribution in [0.4, 0.5) is 0 Å². The van der Waals surface area contributed by atoms with Gasteiger partial charge in [-0.3, -0.25) is 0 Å². The normalized spacial score (nSPS) is 31.9. The topological polar surface area (TPSA) is 99.5 Å². The minimum Gasteiger partial charge on any atom is -0.507 e. The van der Waals surface area contributed by atoms with Crippen molar-refractivity contribution >= 4 is 17.6 Å². The Balaban J connectivity index is 2.00. The van der Waals surface area contributed by atoms with Crippen LogP contribution in [-0.2, 0) is 15.9 Å². The van der Waals surface area contributed by atoms with Gasteiger partial charge < -0.3 is 24.8 Å². The van der Waals surface area contributed by atoms with E-state index in [0.29, 0.717) is 6.42 Å². The van der Waals surface area contributed by atoms with Crippen LogP contribution in [0.1, 0.15) is 29.3 Å². The number of halogens is 1. The van der Waals surface area contributed by atoms with Gasteiger partial charge in [-0.15, -0.1) is 0 Å². The molecule has 2 aliphatic heterocycles. The number of cyclic esters (lactones) is 1. The van der Waals surface area contributed by atoms with Crippen LogP contribution in [-0.4, -0.2) is 45.7 Å². The van der Waals surface area contributed by atoms with Crippen molar-refractivity contribution in [2.24, 2.45) is 0 Å². The Morgan fingerprint density at radius 1 is 1.20 bits per heavy atom. The molecule has 7 heteroatoms. The van der Waals surface area contributed by atoms with Crippen molar-refractivity contribution in [3.63, 3.8) is 0 Å². The van der Waals surface area contributed by atoms with Crippen LogP contribution in [0.5, 0.6) is 11.5 Å². The second kappa shape index (κ2) is 7.07. The van der Waals surface area contributed by atoms with Gasteiger partial charge in [-0.2, -0.15) is 0 Å². The summed E-state index contributed by atoms with van der Waals surface area (Å²) in [5.74, 6) is -1.58. The Hall–Kier alpha value is -2.02. The number of epoxide rings is 1. The molecule has 0 amide bonds. The Bertz CT molecular complexity index is 742. The third-order valence-corrected chi connectivity index (χ3v) is 4.60. The number of phenolic OH excluding ortho intramolecular Hbond substituents is 2. The molecule has 0 radical (unpaired) electrons. The molecule has 6 nitrogen and oxygen atoms in total. The molecule has 2 heterocycles. The molecular formula is C18H19ClO6. The third-order valence-electron chi connectivity index (χ3n) is 4.18. The van der Waals surface area contributed by atoms with Crippen molar-refractivity contribution in [1.82, 2.24) is 0 Å². The summed E-state index contributed by atoms with van der Waals surface area (Å²) < 4.78 is 10.9. The molecule has 1 unspecified atom stereocenters. The minimum absolute atomic E-state index is 0.0297. The van der Waals surface area contributed by atoms with E-state index in [2.05, 4.69) is 0 Å². The number of aliphatic hydroxyl groups is 1. The second-order valence-corrected chi connectivity index (χ2v) is 6.59. The lowest BCUT2D eigenvalue weighted by Gasteiger charge is -2.18. The van der Waals surface area contributed by atoms with E-state index in [4.69, 9.17) is 21.1 Å². The monoisotopic (exact) mass is 366 g/mol. The number of fused-ring (bicyclic) bond motifs is 2. The maximum absolute atomic E-state index is 12.5. The molecule has 2 aliphatic rings. The molecular weight excluding hydrogens is 348 g/mol. The number of carbonyl (C=O) groups is 1. The van der Waals surface area contributed by atoms with Gasteiger partial charge in [0.15, 0.2) is 0 Å². The summed E-state index contributed by atoms with van der Waals surface area (Å²) in [4.78, 5) is 12.5. The predicted octanol–water partition coefficient (Wildman–Crippen LogP) is 2.48. The van der Waals surface area contributed by atoms with Crippen LogP contribution >= 0.6 is 11.6 Å².